The van der Waals surface area contributed by atoms with Gasteiger partial charge in [-0.1, -0.05) is 315 Å². The van der Waals surface area contributed by atoms with Crippen LogP contribution in [0.1, 0.15) is 0 Å². The van der Waals surface area contributed by atoms with E-state index in [4.69, 9.17) is 8.83 Å². The van der Waals surface area contributed by atoms with Crippen molar-refractivity contribution < 1.29 is 8.83 Å². The van der Waals surface area contributed by atoms with Crippen LogP contribution in [0.25, 0.3) is 188 Å². The van der Waals surface area contributed by atoms with Crippen LogP contribution in [0.15, 0.2) is 446 Å². The van der Waals surface area contributed by atoms with Crippen LogP contribution in [0.2, 0.25) is 0 Å². The number of aromatic nitrogens is 2. The third-order valence-electron chi connectivity index (χ3n) is 24.0. The van der Waals surface area contributed by atoms with Crippen molar-refractivity contribution in [2.45, 2.75) is 0 Å². The lowest BCUT2D eigenvalue weighted by molar-refractivity contribution is 0.669. The number of hydrogen-bond donors (Lipinski definition) is 0. The summed E-state index contributed by atoms with van der Waals surface area (Å²) in [4.78, 5) is 4.86. The maximum atomic E-state index is 7.00. The highest BCUT2D eigenvalue weighted by molar-refractivity contribution is 6.14. The minimum absolute atomic E-state index is 0.836. The average Bonchev–Trinajstić information content (AvgIpc) is 1.40. The second-order valence-electron chi connectivity index (χ2n) is 30.6. The monoisotopic (exact) mass is 1500 g/mol. The summed E-state index contributed by atoms with van der Waals surface area (Å²) < 4.78 is 18.5. The van der Waals surface area contributed by atoms with Crippen LogP contribution in [-0.4, -0.2) is 9.13 Å². The molecule has 0 atom stereocenters. The first kappa shape index (κ1) is 67.9. The topological polar surface area (TPSA) is 42.6 Å². The molecule has 0 saturated heterocycles. The van der Waals surface area contributed by atoms with E-state index in [1.165, 1.54) is 43.4 Å². The first-order valence-electron chi connectivity index (χ1n) is 40.4. The van der Waals surface area contributed by atoms with Crippen LogP contribution in [0.5, 0.6) is 0 Å². The van der Waals surface area contributed by atoms with E-state index < -0.39 is 0 Å². The molecule has 23 aromatic rings. The van der Waals surface area contributed by atoms with E-state index in [1.807, 2.05) is 12.1 Å². The molecule has 4 aromatic heterocycles. The number of furan rings is 2. The van der Waals surface area contributed by atoms with Gasteiger partial charge in [-0.25, -0.2) is 0 Å². The van der Waals surface area contributed by atoms with Crippen LogP contribution >= 0.6 is 0 Å². The summed E-state index contributed by atoms with van der Waals surface area (Å²) in [5, 5.41) is 11.6. The molecule has 0 radical (unpaired) electrons. The Labute approximate surface area is 681 Å². The molecule has 118 heavy (non-hydrogen) atoms. The Kier molecular flexibility index (Phi) is 16.2. The second kappa shape index (κ2) is 28.1. The Bertz CT molecular complexity index is 7790. The van der Waals surface area contributed by atoms with Gasteiger partial charge in [-0.2, -0.15) is 0 Å². The fourth-order valence-electron chi connectivity index (χ4n) is 18.5. The highest BCUT2D eigenvalue weighted by Gasteiger charge is 2.27. The molecule has 0 unspecified atom stereocenters. The minimum Gasteiger partial charge on any atom is -0.455 e. The Balaban J connectivity index is 0.593. The Morgan fingerprint density at radius 1 is 0.178 bits per heavy atom. The summed E-state index contributed by atoms with van der Waals surface area (Å²) in [6.45, 7) is 0. The van der Waals surface area contributed by atoms with Crippen molar-refractivity contribution >= 4 is 132 Å². The van der Waals surface area contributed by atoms with Gasteiger partial charge in [0.2, 0.25) is 0 Å². The fourth-order valence-corrected chi connectivity index (χ4v) is 18.5. The molecule has 6 nitrogen and oxygen atoms in total. The van der Waals surface area contributed by atoms with Gasteiger partial charge >= 0.3 is 0 Å². The van der Waals surface area contributed by atoms with Crippen LogP contribution in [-0.2, 0) is 0 Å². The van der Waals surface area contributed by atoms with E-state index >= 15 is 0 Å². The quantitative estimate of drug-likeness (QED) is 0.103. The first-order chi connectivity index (χ1) is 58.5. The van der Waals surface area contributed by atoms with Crippen LogP contribution in [0.4, 0.5) is 34.1 Å². The third-order valence-corrected chi connectivity index (χ3v) is 24.0. The smallest absolute Gasteiger partial charge is 0.143 e. The maximum Gasteiger partial charge on any atom is 0.143 e. The van der Waals surface area contributed by atoms with E-state index in [2.05, 4.69) is 444 Å². The minimum atomic E-state index is 0.836. The van der Waals surface area contributed by atoms with Crippen molar-refractivity contribution in [3.8, 4) is 89.3 Å². The van der Waals surface area contributed by atoms with E-state index in [1.54, 1.807) is 0 Å². The zero-order valence-electron chi connectivity index (χ0n) is 64.2. The first-order valence-corrected chi connectivity index (χ1v) is 40.4. The molecule has 4 heterocycles. The lowest BCUT2D eigenvalue weighted by atomic mass is 9.96. The standard InChI is InChI=1S/C112H72N4O2/c1-2-27-77-71-81(55-54-73(77)26-1)85-30-3-13-44-100(85)114(102-46-15-5-32-89(102)91-34-7-17-48-104(91)116-107-51-20-10-37-94(107)95-38-11-21-52-108(95)116)84-67-60-76(61-68-84)87-41-25-43-98-99-72-80(62-69-110(99)118-112(87)98)79-29-23-28-78(70-79)74-56-63-82(64-57-74)113(83-65-58-75(59-66-83)86-40-24-42-97-96-39-12-22-53-109(96)117-111(86)97)101-45-14-4-31-88(101)90-33-6-16-47-103(90)115-105-49-18-8-35-92(105)93-36-9-19-50-106(93)115/h1-72H. The molecule has 0 amide bonds. The van der Waals surface area contributed by atoms with Gasteiger partial charge < -0.3 is 27.8 Å². The van der Waals surface area contributed by atoms with Crippen molar-refractivity contribution in [3.05, 3.63) is 437 Å². The van der Waals surface area contributed by atoms with Gasteiger partial charge in [0.15, 0.2) is 0 Å². The molecule has 23 rings (SSSR count). The summed E-state index contributed by atoms with van der Waals surface area (Å²) in [5.74, 6) is 0. The number of rotatable bonds is 15. The Hall–Kier alpha value is -15.8. The summed E-state index contributed by atoms with van der Waals surface area (Å²) in [6, 6.07) is 159. The molecule has 0 fully saturated rings. The van der Waals surface area contributed by atoms with Gasteiger partial charge in [0.05, 0.1) is 50.5 Å². The molecule has 0 aliphatic heterocycles. The molecule has 552 valence electrons. The number of hydrogen-bond acceptors (Lipinski definition) is 4. The second-order valence-corrected chi connectivity index (χ2v) is 30.6. The van der Waals surface area contributed by atoms with Crippen molar-refractivity contribution in [2.24, 2.45) is 0 Å². The van der Waals surface area contributed by atoms with Crippen LogP contribution < -0.4 is 9.80 Å². The van der Waals surface area contributed by atoms with Crippen molar-refractivity contribution in [1.82, 2.24) is 9.13 Å². The Morgan fingerprint density at radius 2 is 0.525 bits per heavy atom. The molecule has 0 aliphatic carbocycles. The number of benzene rings is 19. The summed E-state index contributed by atoms with van der Waals surface area (Å²) in [6.07, 6.45) is 0. The third kappa shape index (κ3) is 11.3. The summed E-state index contributed by atoms with van der Waals surface area (Å²) in [7, 11) is 0. The highest BCUT2D eigenvalue weighted by Crippen LogP contribution is 2.51. The van der Waals surface area contributed by atoms with E-state index in [0.717, 1.165) is 178 Å². The van der Waals surface area contributed by atoms with Gasteiger partial charge in [-0.15, -0.1) is 0 Å². The lowest BCUT2D eigenvalue weighted by Gasteiger charge is -2.30. The number of para-hydroxylation sites is 12. The Morgan fingerprint density at radius 3 is 1.07 bits per heavy atom. The summed E-state index contributed by atoms with van der Waals surface area (Å²) >= 11 is 0. The van der Waals surface area contributed by atoms with Crippen LogP contribution in [0, 0.1) is 0 Å². The molecule has 0 bridgehead atoms. The molecular weight excluding hydrogens is 1430 g/mol. The normalized spacial score (nSPS) is 11.7. The largest absolute Gasteiger partial charge is 0.455 e. The zero-order valence-corrected chi connectivity index (χ0v) is 64.2. The van der Waals surface area contributed by atoms with Crippen molar-refractivity contribution in [1.29, 1.82) is 0 Å². The van der Waals surface area contributed by atoms with E-state index in [-0.39, 0.29) is 0 Å². The summed E-state index contributed by atoms with van der Waals surface area (Å²) in [5.41, 5.74) is 31.9. The lowest BCUT2D eigenvalue weighted by Crippen LogP contribution is -2.13. The van der Waals surface area contributed by atoms with Crippen molar-refractivity contribution in [2.75, 3.05) is 9.80 Å². The van der Waals surface area contributed by atoms with E-state index in [9.17, 15) is 0 Å². The number of fused-ring (bicyclic) bond motifs is 13. The van der Waals surface area contributed by atoms with Gasteiger partial charge in [0.1, 0.15) is 22.3 Å². The predicted molar refractivity (Wildman–Crippen MR) is 495 cm³/mol. The average molecular weight is 1510 g/mol. The van der Waals surface area contributed by atoms with Crippen molar-refractivity contribution in [3.63, 3.8) is 0 Å². The number of anilines is 6. The van der Waals surface area contributed by atoms with Gasteiger partial charge in [-0.3, -0.25) is 0 Å². The fraction of sp³-hybridized carbons (Fsp3) is 0. The highest BCUT2D eigenvalue weighted by atomic mass is 16.3. The predicted octanol–water partition coefficient (Wildman–Crippen LogP) is 31.4. The SMILES string of the molecule is c1cc(-c2ccc(N(c3ccc(-c4cccc5c4oc4ccccc45)cc3)c3ccccc3-c3ccccc3-n3c4ccccc4c4ccccc43)cc2)cc(-c2ccc3oc4c(-c5ccc(N(c6ccccc6-c6ccc7ccccc7c6)c6ccccc6-c6ccccc6-n6c7ccccc7c7ccccc76)cc5)cccc4c3c2)c1. The number of nitrogens with zero attached hydrogens (tertiary/aromatic N) is 4. The molecule has 0 N–H and O–H groups in total. The molecule has 6 heteroatoms. The van der Waals surface area contributed by atoms with Gasteiger partial charge in [0.25, 0.3) is 0 Å². The molecule has 0 saturated carbocycles. The maximum absolute atomic E-state index is 7.00. The molecule has 19 aromatic carbocycles. The molecular formula is C112H72N4O2. The zero-order chi connectivity index (χ0) is 77.7. The van der Waals surface area contributed by atoms with E-state index in [0.29, 0.717) is 0 Å². The van der Waals surface area contributed by atoms with Crippen LogP contribution in [0.3, 0.4) is 0 Å². The van der Waals surface area contributed by atoms with Gasteiger partial charge in [0, 0.05) is 99.1 Å². The molecule has 0 spiro atoms. The molecule has 0 aliphatic rings. The van der Waals surface area contributed by atoms with Gasteiger partial charge in [-0.05, 0) is 171 Å².